The van der Waals surface area contributed by atoms with Gasteiger partial charge in [0.15, 0.2) is 0 Å². The van der Waals surface area contributed by atoms with E-state index in [9.17, 15) is 38.4 Å². The molecule has 0 heterocycles. The van der Waals surface area contributed by atoms with E-state index in [1.807, 2.05) is 0 Å². The SMILES string of the molecule is Cl.N[C@@H](CCC(=O)N[C@@H](CSSC[C@H](NC(=O)CC[C@H](N)C(=O)O)C(=O)NCC(=O)O)C(=O)NCC(=O)O)C(=O)O. The van der Waals surface area contributed by atoms with E-state index in [2.05, 4.69) is 21.3 Å². The summed E-state index contributed by atoms with van der Waals surface area (Å²) in [5.41, 5.74) is 10.7. The smallest absolute Gasteiger partial charge is 0.322 e. The molecule has 0 aliphatic carbocycles. The van der Waals surface area contributed by atoms with Gasteiger partial charge in [-0.15, -0.1) is 12.4 Å². The summed E-state index contributed by atoms with van der Waals surface area (Å²) in [5.74, 6) is -8.81. The van der Waals surface area contributed by atoms with Crippen molar-refractivity contribution in [1.82, 2.24) is 21.3 Å². The number of carboxylic acid groups (broad SMARTS) is 4. The summed E-state index contributed by atoms with van der Waals surface area (Å²) in [7, 11) is 1.89. The Hall–Kier alpha value is -3.33. The summed E-state index contributed by atoms with van der Waals surface area (Å²) in [4.78, 5) is 92.3. The highest BCUT2D eigenvalue weighted by Crippen LogP contribution is 2.23. The van der Waals surface area contributed by atoms with Crippen molar-refractivity contribution in [1.29, 1.82) is 0 Å². The molecule has 0 aromatic carbocycles. The lowest BCUT2D eigenvalue weighted by Crippen LogP contribution is -2.50. The molecule has 0 saturated heterocycles. The Labute approximate surface area is 247 Å². The van der Waals surface area contributed by atoms with Crippen molar-refractivity contribution < 1.29 is 58.8 Å². The maximum atomic E-state index is 12.4. The Morgan fingerprint density at radius 1 is 0.610 bits per heavy atom. The van der Waals surface area contributed by atoms with Crippen molar-refractivity contribution in [2.75, 3.05) is 24.6 Å². The molecule has 0 spiro atoms. The Morgan fingerprint density at radius 2 is 0.927 bits per heavy atom. The molecule has 0 unspecified atom stereocenters. The maximum absolute atomic E-state index is 12.4. The Bertz CT molecular complexity index is 886. The van der Waals surface area contributed by atoms with Gasteiger partial charge < -0.3 is 53.2 Å². The maximum Gasteiger partial charge on any atom is 0.322 e. The topological polar surface area (TPSA) is 318 Å². The minimum Gasteiger partial charge on any atom is -0.480 e. The van der Waals surface area contributed by atoms with Crippen LogP contribution in [0.4, 0.5) is 0 Å². The number of carboxylic acids is 4. The molecule has 18 nitrogen and oxygen atoms in total. The van der Waals surface area contributed by atoms with Gasteiger partial charge in [0, 0.05) is 24.3 Å². The second-order valence-electron chi connectivity index (χ2n) is 8.00. The van der Waals surface area contributed by atoms with Crippen LogP contribution in [0.1, 0.15) is 25.7 Å². The summed E-state index contributed by atoms with van der Waals surface area (Å²) in [5, 5.41) is 44.1. The lowest BCUT2D eigenvalue weighted by Gasteiger charge is -2.20. The molecule has 0 fully saturated rings. The van der Waals surface area contributed by atoms with Crippen molar-refractivity contribution in [2.24, 2.45) is 11.5 Å². The van der Waals surface area contributed by atoms with Crippen LogP contribution in [-0.2, 0) is 38.4 Å². The fourth-order valence-corrected chi connectivity index (χ4v) is 4.85. The third-order valence-electron chi connectivity index (χ3n) is 4.68. The van der Waals surface area contributed by atoms with Gasteiger partial charge in [0.2, 0.25) is 23.6 Å². The number of aliphatic carboxylic acids is 4. The zero-order chi connectivity index (χ0) is 30.8. The number of nitrogens with two attached hydrogens (primary N) is 2. The van der Waals surface area contributed by atoms with Crippen LogP contribution in [0.5, 0.6) is 0 Å². The third-order valence-corrected chi connectivity index (χ3v) is 7.11. The van der Waals surface area contributed by atoms with Gasteiger partial charge in [0.25, 0.3) is 0 Å². The quantitative estimate of drug-likeness (QED) is 0.0427. The monoisotopic (exact) mass is 648 g/mol. The van der Waals surface area contributed by atoms with Gasteiger partial charge >= 0.3 is 23.9 Å². The molecular weight excluding hydrogens is 616 g/mol. The van der Waals surface area contributed by atoms with Gasteiger partial charge in [0.1, 0.15) is 37.3 Å². The largest absolute Gasteiger partial charge is 0.480 e. The molecule has 12 N–H and O–H groups in total. The van der Waals surface area contributed by atoms with Gasteiger partial charge in [-0.25, -0.2) is 0 Å². The first-order chi connectivity index (χ1) is 18.6. The minimum absolute atomic E-state index is 0. The zero-order valence-electron chi connectivity index (χ0n) is 21.4. The van der Waals surface area contributed by atoms with E-state index in [0.29, 0.717) is 0 Å². The molecule has 0 aliphatic heterocycles. The summed E-state index contributed by atoms with van der Waals surface area (Å²) in [6.07, 6.45) is -1.12. The predicted molar refractivity (Wildman–Crippen MR) is 147 cm³/mol. The van der Waals surface area contributed by atoms with Crippen molar-refractivity contribution >= 4 is 81.5 Å². The van der Waals surface area contributed by atoms with Crippen molar-refractivity contribution in [2.45, 2.75) is 49.9 Å². The highest BCUT2D eigenvalue weighted by molar-refractivity contribution is 8.76. The highest BCUT2D eigenvalue weighted by Gasteiger charge is 2.25. The van der Waals surface area contributed by atoms with E-state index < -0.39 is 84.8 Å². The van der Waals surface area contributed by atoms with Crippen LogP contribution in [0.15, 0.2) is 0 Å². The van der Waals surface area contributed by atoms with Crippen LogP contribution in [0.25, 0.3) is 0 Å². The van der Waals surface area contributed by atoms with Gasteiger partial charge in [-0.05, 0) is 12.8 Å². The van der Waals surface area contributed by atoms with Gasteiger partial charge in [-0.3, -0.25) is 38.4 Å². The molecule has 0 saturated carbocycles. The normalized spacial score (nSPS) is 13.2. The van der Waals surface area contributed by atoms with Gasteiger partial charge in [-0.2, -0.15) is 0 Å². The van der Waals surface area contributed by atoms with Crippen molar-refractivity contribution in [3.05, 3.63) is 0 Å². The van der Waals surface area contributed by atoms with Crippen LogP contribution in [0, 0.1) is 0 Å². The molecule has 0 bridgehead atoms. The number of hydrogen-bond donors (Lipinski definition) is 10. The molecule has 234 valence electrons. The number of amides is 4. The lowest BCUT2D eigenvalue weighted by atomic mass is 10.1. The van der Waals surface area contributed by atoms with Crippen LogP contribution < -0.4 is 32.7 Å². The standard InChI is InChI=1S/C20H32N6O12S2.ClH/c21-9(19(35)36)1-3-13(27)25-11(17(33)23-5-15(29)30)7-39-40-8-12(18(34)24-6-16(31)32)26-14(28)4-2-10(22)20(37)38;/h9-12H,1-8,21-22H2,(H,23,33)(H,24,34)(H,25,27)(H,26,28)(H,29,30)(H,31,32)(H,35,36)(H,37,38);1H/t9-,10-,11-,12-;/m0./s1. The lowest BCUT2D eigenvalue weighted by molar-refractivity contribution is -0.140. The Balaban J connectivity index is 0. The molecule has 21 heteroatoms. The van der Waals surface area contributed by atoms with Gasteiger partial charge in [-0.1, -0.05) is 21.6 Å². The summed E-state index contributed by atoms with van der Waals surface area (Å²) >= 11 is 0. The van der Waals surface area contributed by atoms with Crippen LogP contribution in [-0.4, -0.2) is 117 Å². The number of halogens is 1. The number of carbonyl (C=O) groups is 8. The predicted octanol–water partition coefficient (Wildman–Crippen LogP) is -3.45. The first-order valence-electron chi connectivity index (χ1n) is 11.4. The molecule has 41 heavy (non-hydrogen) atoms. The van der Waals surface area contributed by atoms with Gasteiger partial charge in [0.05, 0.1) is 0 Å². The Kier molecular flexibility index (Phi) is 20.8. The molecule has 4 atom stereocenters. The van der Waals surface area contributed by atoms with E-state index in [4.69, 9.17) is 31.9 Å². The van der Waals surface area contributed by atoms with Crippen LogP contribution in [0.3, 0.4) is 0 Å². The number of rotatable bonds is 21. The van der Waals surface area contributed by atoms with Crippen molar-refractivity contribution in [3.63, 3.8) is 0 Å². The second kappa shape index (κ2) is 21.4. The van der Waals surface area contributed by atoms with E-state index >= 15 is 0 Å². The zero-order valence-corrected chi connectivity index (χ0v) is 23.9. The van der Waals surface area contributed by atoms with E-state index in [-0.39, 0.29) is 49.6 Å². The molecule has 4 amide bonds. The van der Waals surface area contributed by atoms with Crippen LogP contribution >= 0.6 is 34.0 Å². The Morgan fingerprint density at radius 3 is 1.20 bits per heavy atom. The summed E-state index contributed by atoms with van der Waals surface area (Å²) < 4.78 is 0. The van der Waals surface area contributed by atoms with Crippen LogP contribution in [0.2, 0.25) is 0 Å². The number of hydrogen-bond acceptors (Lipinski definition) is 12. The van der Waals surface area contributed by atoms with E-state index in [0.717, 1.165) is 21.6 Å². The third kappa shape index (κ3) is 19.4. The molecule has 0 aromatic heterocycles. The first-order valence-corrected chi connectivity index (χ1v) is 13.9. The fourth-order valence-electron chi connectivity index (χ4n) is 2.52. The molecule has 0 rings (SSSR count). The van der Waals surface area contributed by atoms with E-state index in [1.54, 1.807) is 0 Å². The number of nitrogens with one attached hydrogen (secondary N) is 4. The summed E-state index contributed by atoms with van der Waals surface area (Å²) in [6, 6.07) is -5.16. The van der Waals surface area contributed by atoms with Crippen molar-refractivity contribution in [3.8, 4) is 0 Å². The minimum atomic E-state index is -1.34. The first kappa shape index (κ1) is 39.8. The molecular formula is C20H33ClN6O12S2. The highest BCUT2D eigenvalue weighted by atomic mass is 35.5. The van der Waals surface area contributed by atoms with E-state index in [1.165, 1.54) is 0 Å². The second-order valence-corrected chi connectivity index (χ2v) is 10.6. The number of carbonyl (C=O) groups excluding carboxylic acids is 4. The molecule has 0 radical (unpaired) electrons. The average molecular weight is 649 g/mol. The molecule has 0 aliphatic rings. The fraction of sp³-hybridized carbons (Fsp3) is 0.600. The molecule has 0 aromatic rings. The average Bonchev–Trinajstić information content (AvgIpc) is 2.87. The summed E-state index contributed by atoms with van der Waals surface area (Å²) in [6.45, 7) is -1.48.